The molecule has 0 aliphatic heterocycles. The Morgan fingerprint density at radius 1 is 1.24 bits per heavy atom. The van der Waals surface area contributed by atoms with E-state index in [2.05, 4.69) is 15.6 Å². The van der Waals surface area contributed by atoms with Crippen LogP contribution < -0.4 is 5.32 Å². The van der Waals surface area contributed by atoms with E-state index in [-0.39, 0.29) is 0 Å². The summed E-state index contributed by atoms with van der Waals surface area (Å²) < 4.78 is 27.2. The van der Waals surface area contributed by atoms with Gasteiger partial charge in [-0.3, -0.25) is 4.68 Å². The molecule has 1 aromatic heterocycles. The van der Waals surface area contributed by atoms with Crippen molar-refractivity contribution in [2.75, 3.05) is 6.54 Å². The van der Waals surface area contributed by atoms with Crippen LogP contribution >= 0.6 is 0 Å². The fourth-order valence-electron chi connectivity index (χ4n) is 1.43. The van der Waals surface area contributed by atoms with Gasteiger partial charge < -0.3 is 5.32 Å². The van der Waals surface area contributed by atoms with Gasteiger partial charge in [-0.2, -0.15) is 0 Å². The monoisotopic (exact) mass is 238 g/mol. The summed E-state index contributed by atoms with van der Waals surface area (Å²) in [5, 5.41) is 10.6. The summed E-state index contributed by atoms with van der Waals surface area (Å²) in [7, 11) is 0. The second kappa shape index (κ2) is 5.49. The first-order valence-corrected chi connectivity index (χ1v) is 5.24. The van der Waals surface area contributed by atoms with E-state index in [1.165, 1.54) is 6.07 Å². The van der Waals surface area contributed by atoms with Crippen molar-refractivity contribution >= 4 is 0 Å². The van der Waals surface area contributed by atoms with Gasteiger partial charge in [0.05, 0.1) is 12.7 Å². The van der Waals surface area contributed by atoms with Crippen LogP contribution in [0.1, 0.15) is 5.56 Å². The van der Waals surface area contributed by atoms with Gasteiger partial charge >= 0.3 is 0 Å². The van der Waals surface area contributed by atoms with Crippen molar-refractivity contribution in [3.63, 3.8) is 0 Å². The summed E-state index contributed by atoms with van der Waals surface area (Å²) in [6, 6.07) is 3.88. The Morgan fingerprint density at radius 3 is 2.82 bits per heavy atom. The van der Waals surface area contributed by atoms with Gasteiger partial charge in [0.1, 0.15) is 0 Å². The molecule has 0 aliphatic rings. The Balaban J connectivity index is 1.76. The molecule has 0 spiro atoms. The van der Waals surface area contributed by atoms with Crippen LogP contribution in [-0.2, 0) is 13.1 Å². The lowest BCUT2D eigenvalue weighted by Gasteiger charge is -2.05. The molecule has 17 heavy (non-hydrogen) atoms. The van der Waals surface area contributed by atoms with Crippen LogP contribution in [0, 0.1) is 11.6 Å². The predicted molar refractivity (Wildman–Crippen MR) is 58.1 cm³/mol. The summed E-state index contributed by atoms with van der Waals surface area (Å²) in [6.07, 6.45) is 3.37. The van der Waals surface area contributed by atoms with Crippen LogP contribution in [0.2, 0.25) is 0 Å². The van der Waals surface area contributed by atoms with Crippen molar-refractivity contribution in [1.29, 1.82) is 0 Å². The van der Waals surface area contributed by atoms with Gasteiger partial charge in [-0.15, -0.1) is 5.10 Å². The predicted octanol–water partition coefficient (Wildman–Crippen LogP) is 1.35. The first kappa shape index (κ1) is 11.7. The molecule has 1 aromatic carbocycles. The van der Waals surface area contributed by atoms with Gasteiger partial charge in [-0.1, -0.05) is 11.3 Å². The molecule has 0 fully saturated rings. The van der Waals surface area contributed by atoms with Crippen molar-refractivity contribution in [2.24, 2.45) is 0 Å². The number of halogens is 2. The number of nitrogens with zero attached hydrogens (tertiary/aromatic N) is 3. The third-order valence-electron chi connectivity index (χ3n) is 2.30. The number of hydrogen-bond acceptors (Lipinski definition) is 3. The van der Waals surface area contributed by atoms with Crippen LogP contribution in [0.3, 0.4) is 0 Å². The summed E-state index contributed by atoms with van der Waals surface area (Å²) >= 11 is 0. The fraction of sp³-hybridized carbons (Fsp3) is 0.273. The highest BCUT2D eigenvalue weighted by molar-refractivity contribution is 5.17. The largest absolute Gasteiger partial charge is 0.311 e. The normalized spacial score (nSPS) is 10.7. The Morgan fingerprint density at radius 2 is 2.12 bits per heavy atom. The highest BCUT2D eigenvalue weighted by Crippen LogP contribution is 2.08. The van der Waals surface area contributed by atoms with E-state index in [4.69, 9.17) is 0 Å². The number of nitrogens with one attached hydrogen (secondary N) is 1. The van der Waals surface area contributed by atoms with Crippen LogP contribution in [0.5, 0.6) is 0 Å². The van der Waals surface area contributed by atoms with E-state index >= 15 is 0 Å². The standard InChI is InChI=1S/C11H12F2N4/c12-10-2-1-9(7-11(10)13)8-14-3-5-17-6-4-15-16-17/h1-2,4,6-7,14H,3,5,8H2. The molecule has 1 N–H and O–H groups in total. The van der Waals surface area contributed by atoms with E-state index in [1.54, 1.807) is 23.1 Å². The molecular weight excluding hydrogens is 226 g/mol. The number of benzene rings is 1. The summed E-state index contributed by atoms with van der Waals surface area (Å²) in [4.78, 5) is 0. The summed E-state index contributed by atoms with van der Waals surface area (Å²) in [5.74, 6) is -1.64. The SMILES string of the molecule is Fc1ccc(CNCCn2ccnn2)cc1F. The molecule has 0 aliphatic carbocycles. The van der Waals surface area contributed by atoms with Crippen LogP contribution in [0.15, 0.2) is 30.6 Å². The average molecular weight is 238 g/mol. The second-order valence-electron chi connectivity index (χ2n) is 3.59. The molecule has 0 amide bonds. The molecule has 0 atom stereocenters. The molecular formula is C11H12F2N4. The van der Waals surface area contributed by atoms with Crippen molar-refractivity contribution in [2.45, 2.75) is 13.1 Å². The summed E-state index contributed by atoms with van der Waals surface area (Å²) in [5.41, 5.74) is 0.711. The minimum absolute atomic E-state index is 0.492. The highest BCUT2D eigenvalue weighted by atomic mass is 19.2. The fourth-order valence-corrected chi connectivity index (χ4v) is 1.43. The molecule has 0 saturated carbocycles. The zero-order valence-corrected chi connectivity index (χ0v) is 9.11. The minimum Gasteiger partial charge on any atom is -0.311 e. The van der Waals surface area contributed by atoms with E-state index in [0.717, 1.165) is 6.07 Å². The van der Waals surface area contributed by atoms with Crippen LogP contribution in [-0.4, -0.2) is 21.5 Å². The van der Waals surface area contributed by atoms with Crippen molar-refractivity contribution in [3.8, 4) is 0 Å². The van der Waals surface area contributed by atoms with Crippen LogP contribution in [0.4, 0.5) is 8.78 Å². The Bertz CT molecular complexity index is 470. The maximum atomic E-state index is 12.9. The lowest BCUT2D eigenvalue weighted by molar-refractivity contribution is 0.504. The Hall–Kier alpha value is -1.82. The van der Waals surface area contributed by atoms with Gasteiger partial charge in [0.15, 0.2) is 11.6 Å². The van der Waals surface area contributed by atoms with E-state index in [9.17, 15) is 8.78 Å². The zero-order valence-electron chi connectivity index (χ0n) is 9.11. The van der Waals surface area contributed by atoms with Crippen LogP contribution in [0.25, 0.3) is 0 Å². The quantitative estimate of drug-likeness (QED) is 0.799. The molecule has 90 valence electrons. The third-order valence-corrected chi connectivity index (χ3v) is 2.30. The molecule has 1 heterocycles. The van der Waals surface area contributed by atoms with Gasteiger partial charge in [0.2, 0.25) is 0 Å². The van der Waals surface area contributed by atoms with E-state index in [1.807, 2.05) is 0 Å². The molecule has 4 nitrogen and oxygen atoms in total. The maximum absolute atomic E-state index is 12.9. The molecule has 2 aromatic rings. The van der Waals surface area contributed by atoms with Crippen molar-refractivity contribution < 1.29 is 8.78 Å². The van der Waals surface area contributed by atoms with Crippen molar-refractivity contribution in [3.05, 3.63) is 47.8 Å². The smallest absolute Gasteiger partial charge is 0.159 e. The molecule has 0 bridgehead atoms. The van der Waals surface area contributed by atoms with Gasteiger partial charge in [-0.25, -0.2) is 8.78 Å². The molecule has 0 radical (unpaired) electrons. The summed E-state index contributed by atoms with van der Waals surface area (Å²) in [6.45, 7) is 1.86. The third kappa shape index (κ3) is 3.32. The lowest BCUT2D eigenvalue weighted by atomic mass is 10.2. The molecule has 2 rings (SSSR count). The Labute approximate surface area is 97.3 Å². The molecule has 0 saturated heterocycles. The Kier molecular flexibility index (Phi) is 3.77. The topological polar surface area (TPSA) is 42.7 Å². The van der Waals surface area contributed by atoms with E-state index in [0.29, 0.717) is 25.2 Å². The average Bonchev–Trinajstić information content (AvgIpc) is 2.82. The highest BCUT2D eigenvalue weighted by Gasteiger charge is 2.01. The number of hydrogen-bond donors (Lipinski definition) is 1. The van der Waals surface area contributed by atoms with Gasteiger partial charge in [0, 0.05) is 19.3 Å². The second-order valence-corrected chi connectivity index (χ2v) is 3.59. The maximum Gasteiger partial charge on any atom is 0.159 e. The first-order chi connectivity index (χ1) is 8.25. The van der Waals surface area contributed by atoms with Gasteiger partial charge in [0.25, 0.3) is 0 Å². The number of rotatable bonds is 5. The first-order valence-electron chi connectivity index (χ1n) is 5.24. The van der Waals surface area contributed by atoms with Crippen molar-refractivity contribution in [1.82, 2.24) is 20.3 Å². The van der Waals surface area contributed by atoms with Gasteiger partial charge in [-0.05, 0) is 17.7 Å². The minimum atomic E-state index is -0.823. The lowest BCUT2D eigenvalue weighted by Crippen LogP contribution is -2.20. The number of aromatic nitrogens is 3. The molecule has 6 heteroatoms. The zero-order chi connectivity index (χ0) is 12.1. The molecule has 0 unspecified atom stereocenters. The van der Waals surface area contributed by atoms with E-state index < -0.39 is 11.6 Å².